The van der Waals surface area contributed by atoms with Crippen LogP contribution in [-0.2, 0) is 0 Å². The molecular formula is C16H24N2O2. The Labute approximate surface area is 120 Å². The van der Waals surface area contributed by atoms with E-state index in [0.29, 0.717) is 29.6 Å². The van der Waals surface area contributed by atoms with E-state index in [-0.39, 0.29) is 5.78 Å². The van der Waals surface area contributed by atoms with Gasteiger partial charge in [-0.1, -0.05) is 6.42 Å². The zero-order valence-corrected chi connectivity index (χ0v) is 12.4. The normalized spacial score (nSPS) is 19.8. The van der Waals surface area contributed by atoms with Crippen LogP contribution in [0.5, 0.6) is 5.75 Å². The van der Waals surface area contributed by atoms with Gasteiger partial charge in [0, 0.05) is 11.7 Å². The zero-order chi connectivity index (χ0) is 14.5. The lowest BCUT2D eigenvalue weighted by Crippen LogP contribution is -2.37. The highest BCUT2D eigenvalue weighted by molar-refractivity contribution is 5.97. The largest absolute Gasteiger partial charge is 0.493 e. The second-order valence-electron chi connectivity index (χ2n) is 5.58. The van der Waals surface area contributed by atoms with Crippen LogP contribution in [0.3, 0.4) is 0 Å². The molecule has 1 fully saturated rings. The van der Waals surface area contributed by atoms with E-state index in [2.05, 4.69) is 11.9 Å². The molecule has 20 heavy (non-hydrogen) atoms. The number of piperidine rings is 1. The number of nitrogens with two attached hydrogens (primary N) is 1. The molecule has 4 nitrogen and oxygen atoms in total. The van der Waals surface area contributed by atoms with E-state index in [0.717, 1.165) is 6.42 Å². The standard InChI is InChI=1S/C16H24N2O2/c1-12(19)15-11-13(17)6-7-16(15)20-10-8-14-5-3-4-9-18(14)2/h6-7,11,14H,3-5,8-10,17H2,1-2H3. The van der Waals surface area contributed by atoms with Crippen LogP contribution in [0.15, 0.2) is 18.2 Å². The molecular weight excluding hydrogens is 252 g/mol. The molecule has 0 saturated carbocycles. The van der Waals surface area contributed by atoms with Gasteiger partial charge in [0.2, 0.25) is 0 Å². The molecule has 0 amide bonds. The molecule has 1 aliphatic heterocycles. The topological polar surface area (TPSA) is 55.6 Å². The van der Waals surface area contributed by atoms with Crippen molar-refractivity contribution in [1.82, 2.24) is 4.90 Å². The molecule has 1 atom stereocenters. The number of hydrogen-bond donors (Lipinski definition) is 1. The Morgan fingerprint density at radius 1 is 1.45 bits per heavy atom. The van der Waals surface area contributed by atoms with Gasteiger partial charge in [0.05, 0.1) is 12.2 Å². The lowest BCUT2D eigenvalue weighted by molar-refractivity contribution is 0.101. The van der Waals surface area contributed by atoms with Gasteiger partial charge in [0.1, 0.15) is 5.75 Å². The molecule has 1 aliphatic rings. The summed E-state index contributed by atoms with van der Waals surface area (Å²) in [5.41, 5.74) is 6.88. The fraction of sp³-hybridized carbons (Fsp3) is 0.562. The Morgan fingerprint density at radius 3 is 2.95 bits per heavy atom. The highest BCUT2D eigenvalue weighted by atomic mass is 16.5. The SMILES string of the molecule is CC(=O)c1cc(N)ccc1OCCC1CCCCN1C. The summed E-state index contributed by atoms with van der Waals surface area (Å²) in [6, 6.07) is 5.84. The second-order valence-corrected chi connectivity index (χ2v) is 5.58. The smallest absolute Gasteiger partial charge is 0.163 e. The van der Waals surface area contributed by atoms with Gasteiger partial charge in [-0.2, -0.15) is 0 Å². The minimum absolute atomic E-state index is 0.0120. The predicted molar refractivity (Wildman–Crippen MR) is 81.2 cm³/mol. The summed E-state index contributed by atoms with van der Waals surface area (Å²) in [7, 11) is 2.17. The summed E-state index contributed by atoms with van der Waals surface area (Å²) < 4.78 is 5.80. The van der Waals surface area contributed by atoms with Crippen molar-refractivity contribution in [3.63, 3.8) is 0 Å². The van der Waals surface area contributed by atoms with Gasteiger partial charge in [0.25, 0.3) is 0 Å². The van der Waals surface area contributed by atoms with Crippen molar-refractivity contribution in [3.05, 3.63) is 23.8 Å². The van der Waals surface area contributed by atoms with Crippen LogP contribution in [0, 0.1) is 0 Å². The molecule has 2 rings (SSSR count). The number of Topliss-reactive ketones (excluding diaryl/α,β-unsaturated/α-hetero) is 1. The van der Waals surface area contributed by atoms with Crippen LogP contribution in [0.4, 0.5) is 5.69 Å². The first-order valence-corrected chi connectivity index (χ1v) is 7.31. The molecule has 0 radical (unpaired) electrons. The molecule has 110 valence electrons. The number of carbonyl (C=O) groups excluding carboxylic acids is 1. The number of nitrogen functional groups attached to an aromatic ring is 1. The zero-order valence-electron chi connectivity index (χ0n) is 12.4. The Kier molecular flexibility index (Phi) is 5.01. The number of carbonyl (C=O) groups is 1. The minimum Gasteiger partial charge on any atom is -0.493 e. The van der Waals surface area contributed by atoms with Crippen molar-refractivity contribution in [2.45, 2.75) is 38.6 Å². The molecule has 1 aromatic carbocycles. The number of ketones is 1. The van der Waals surface area contributed by atoms with Gasteiger partial charge in [-0.05, 0) is 58.0 Å². The van der Waals surface area contributed by atoms with Crippen LogP contribution in [0.1, 0.15) is 43.0 Å². The molecule has 0 bridgehead atoms. The van der Waals surface area contributed by atoms with E-state index >= 15 is 0 Å². The van der Waals surface area contributed by atoms with Crippen LogP contribution < -0.4 is 10.5 Å². The Hall–Kier alpha value is -1.55. The van der Waals surface area contributed by atoms with Gasteiger partial charge < -0.3 is 15.4 Å². The number of ether oxygens (including phenoxy) is 1. The van der Waals surface area contributed by atoms with E-state index in [9.17, 15) is 4.79 Å². The van der Waals surface area contributed by atoms with Crippen molar-refractivity contribution in [3.8, 4) is 5.75 Å². The first-order chi connectivity index (χ1) is 9.58. The molecule has 0 aliphatic carbocycles. The summed E-state index contributed by atoms with van der Waals surface area (Å²) in [6.45, 7) is 3.35. The summed E-state index contributed by atoms with van der Waals surface area (Å²) >= 11 is 0. The van der Waals surface area contributed by atoms with Gasteiger partial charge in [-0.3, -0.25) is 4.79 Å². The van der Waals surface area contributed by atoms with Crippen molar-refractivity contribution < 1.29 is 9.53 Å². The number of hydrogen-bond acceptors (Lipinski definition) is 4. The van der Waals surface area contributed by atoms with Gasteiger partial charge >= 0.3 is 0 Å². The molecule has 0 spiro atoms. The lowest BCUT2D eigenvalue weighted by Gasteiger charge is -2.32. The minimum atomic E-state index is -0.0120. The monoisotopic (exact) mass is 276 g/mol. The third-order valence-corrected chi connectivity index (χ3v) is 4.01. The quantitative estimate of drug-likeness (QED) is 0.663. The fourth-order valence-corrected chi connectivity index (χ4v) is 2.76. The van der Waals surface area contributed by atoms with E-state index in [1.807, 2.05) is 0 Å². The summed E-state index contributed by atoms with van der Waals surface area (Å²) in [5, 5.41) is 0. The number of benzene rings is 1. The highest BCUT2D eigenvalue weighted by Crippen LogP contribution is 2.23. The highest BCUT2D eigenvalue weighted by Gasteiger charge is 2.19. The van der Waals surface area contributed by atoms with Gasteiger partial charge in [-0.15, -0.1) is 0 Å². The second kappa shape index (κ2) is 6.75. The molecule has 0 aromatic heterocycles. The van der Waals surface area contributed by atoms with Crippen LogP contribution >= 0.6 is 0 Å². The van der Waals surface area contributed by atoms with E-state index in [1.54, 1.807) is 18.2 Å². The summed E-state index contributed by atoms with van der Waals surface area (Å²) in [4.78, 5) is 14.0. The first-order valence-electron chi connectivity index (χ1n) is 7.31. The average molecular weight is 276 g/mol. The molecule has 1 aromatic rings. The fourth-order valence-electron chi connectivity index (χ4n) is 2.76. The molecule has 1 heterocycles. The summed E-state index contributed by atoms with van der Waals surface area (Å²) in [5.74, 6) is 0.632. The average Bonchev–Trinajstić information content (AvgIpc) is 2.42. The third kappa shape index (κ3) is 3.73. The van der Waals surface area contributed by atoms with E-state index in [1.165, 1.54) is 32.7 Å². The third-order valence-electron chi connectivity index (χ3n) is 4.01. The Morgan fingerprint density at radius 2 is 2.25 bits per heavy atom. The Bertz CT molecular complexity index is 474. The molecule has 1 unspecified atom stereocenters. The predicted octanol–water partition coefficient (Wildman–Crippen LogP) is 2.72. The number of nitrogens with zero attached hydrogens (tertiary/aromatic N) is 1. The van der Waals surface area contributed by atoms with E-state index in [4.69, 9.17) is 10.5 Å². The maximum absolute atomic E-state index is 11.6. The van der Waals surface area contributed by atoms with Crippen LogP contribution in [-0.4, -0.2) is 36.9 Å². The lowest BCUT2D eigenvalue weighted by atomic mass is 10.0. The maximum atomic E-state index is 11.6. The van der Waals surface area contributed by atoms with Crippen LogP contribution in [0.25, 0.3) is 0 Å². The van der Waals surface area contributed by atoms with Crippen LogP contribution in [0.2, 0.25) is 0 Å². The van der Waals surface area contributed by atoms with Crippen molar-refractivity contribution in [2.75, 3.05) is 25.9 Å². The molecule has 2 N–H and O–H groups in total. The molecule has 1 saturated heterocycles. The van der Waals surface area contributed by atoms with Crippen molar-refractivity contribution >= 4 is 11.5 Å². The first kappa shape index (κ1) is 14.9. The van der Waals surface area contributed by atoms with Gasteiger partial charge in [0.15, 0.2) is 5.78 Å². The van der Waals surface area contributed by atoms with Crippen molar-refractivity contribution in [1.29, 1.82) is 0 Å². The molecule has 4 heteroatoms. The van der Waals surface area contributed by atoms with Gasteiger partial charge in [-0.25, -0.2) is 0 Å². The van der Waals surface area contributed by atoms with E-state index < -0.39 is 0 Å². The number of likely N-dealkylation sites (tertiary alicyclic amines) is 1. The number of rotatable bonds is 5. The Balaban J connectivity index is 1.92. The maximum Gasteiger partial charge on any atom is 0.163 e. The number of anilines is 1. The van der Waals surface area contributed by atoms with Crippen molar-refractivity contribution in [2.24, 2.45) is 0 Å². The summed E-state index contributed by atoms with van der Waals surface area (Å²) in [6.07, 6.45) is 4.83.